The SMILES string of the molecule is CNCc1ccc(F)c(COc2ccc(F)cc2)c1. The molecular formula is C15H15F2NO. The van der Waals surface area contributed by atoms with E-state index in [2.05, 4.69) is 5.32 Å². The Balaban J connectivity index is 2.05. The lowest BCUT2D eigenvalue weighted by molar-refractivity contribution is 0.299. The fraction of sp³-hybridized carbons (Fsp3) is 0.200. The van der Waals surface area contributed by atoms with Crippen LogP contribution < -0.4 is 10.1 Å². The van der Waals surface area contributed by atoms with Crippen molar-refractivity contribution in [2.45, 2.75) is 13.2 Å². The van der Waals surface area contributed by atoms with Gasteiger partial charge in [-0.1, -0.05) is 6.07 Å². The van der Waals surface area contributed by atoms with Crippen molar-refractivity contribution in [2.75, 3.05) is 7.05 Å². The van der Waals surface area contributed by atoms with Gasteiger partial charge >= 0.3 is 0 Å². The summed E-state index contributed by atoms with van der Waals surface area (Å²) in [6.45, 7) is 0.791. The molecule has 0 saturated heterocycles. The van der Waals surface area contributed by atoms with E-state index in [1.165, 1.54) is 30.3 Å². The number of rotatable bonds is 5. The smallest absolute Gasteiger partial charge is 0.129 e. The molecule has 0 aliphatic rings. The molecule has 0 aliphatic carbocycles. The highest BCUT2D eigenvalue weighted by atomic mass is 19.1. The van der Waals surface area contributed by atoms with Crippen LogP contribution in [-0.4, -0.2) is 7.05 Å². The van der Waals surface area contributed by atoms with Gasteiger partial charge in [0.05, 0.1) is 0 Å². The zero-order chi connectivity index (χ0) is 13.7. The van der Waals surface area contributed by atoms with Crippen LogP contribution in [-0.2, 0) is 13.2 Å². The normalized spacial score (nSPS) is 10.5. The second-order valence-electron chi connectivity index (χ2n) is 4.20. The monoisotopic (exact) mass is 263 g/mol. The van der Waals surface area contributed by atoms with Gasteiger partial charge in [0.2, 0.25) is 0 Å². The molecule has 0 unspecified atom stereocenters. The molecule has 0 atom stereocenters. The van der Waals surface area contributed by atoms with Crippen LogP contribution >= 0.6 is 0 Å². The standard InChI is InChI=1S/C15H15F2NO/c1-18-9-11-2-7-15(17)12(8-11)10-19-14-5-3-13(16)4-6-14/h2-8,18H,9-10H2,1H3. The van der Waals surface area contributed by atoms with Crippen LogP contribution in [0.3, 0.4) is 0 Å². The maximum Gasteiger partial charge on any atom is 0.129 e. The van der Waals surface area contributed by atoms with E-state index in [9.17, 15) is 8.78 Å². The van der Waals surface area contributed by atoms with Gasteiger partial charge in [-0.05, 0) is 49.0 Å². The molecule has 2 aromatic carbocycles. The second kappa shape index (κ2) is 6.29. The molecule has 0 spiro atoms. The molecule has 0 saturated carbocycles. The molecule has 100 valence electrons. The van der Waals surface area contributed by atoms with Crippen molar-refractivity contribution in [2.24, 2.45) is 0 Å². The highest BCUT2D eigenvalue weighted by Crippen LogP contribution is 2.16. The largest absolute Gasteiger partial charge is 0.489 e. The number of nitrogens with one attached hydrogen (secondary N) is 1. The molecule has 0 bridgehead atoms. The molecule has 2 rings (SSSR count). The van der Waals surface area contributed by atoms with E-state index < -0.39 is 0 Å². The Morgan fingerprint density at radius 1 is 1.05 bits per heavy atom. The van der Waals surface area contributed by atoms with E-state index in [-0.39, 0.29) is 18.2 Å². The minimum atomic E-state index is -0.324. The van der Waals surface area contributed by atoms with Crippen molar-refractivity contribution in [3.8, 4) is 5.75 Å². The van der Waals surface area contributed by atoms with E-state index in [0.717, 1.165) is 5.56 Å². The van der Waals surface area contributed by atoms with Crippen LogP contribution in [0.1, 0.15) is 11.1 Å². The molecular weight excluding hydrogens is 248 g/mol. The van der Waals surface area contributed by atoms with E-state index in [1.54, 1.807) is 12.1 Å². The van der Waals surface area contributed by atoms with Crippen LogP contribution in [0.4, 0.5) is 8.78 Å². The molecule has 1 N–H and O–H groups in total. The van der Waals surface area contributed by atoms with Crippen molar-refractivity contribution in [3.05, 3.63) is 65.2 Å². The average molecular weight is 263 g/mol. The maximum atomic E-state index is 13.6. The van der Waals surface area contributed by atoms with Crippen LogP contribution in [0.15, 0.2) is 42.5 Å². The van der Waals surface area contributed by atoms with Crippen molar-refractivity contribution in [1.29, 1.82) is 0 Å². The molecule has 2 aromatic rings. The molecule has 0 aromatic heterocycles. The summed E-state index contributed by atoms with van der Waals surface area (Å²) < 4.78 is 31.8. The summed E-state index contributed by atoms with van der Waals surface area (Å²) in [6.07, 6.45) is 0. The Labute approximate surface area is 111 Å². The van der Waals surface area contributed by atoms with Gasteiger partial charge < -0.3 is 10.1 Å². The van der Waals surface area contributed by atoms with Gasteiger partial charge in [0, 0.05) is 12.1 Å². The van der Waals surface area contributed by atoms with Crippen LogP contribution in [0, 0.1) is 11.6 Å². The fourth-order valence-corrected chi connectivity index (χ4v) is 1.74. The van der Waals surface area contributed by atoms with Crippen molar-refractivity contribution < 1.29 is 13.5 Å². The number of benzene rings is 2. The predicted octanol–water partition coefficient (Wildman–Crippen LogP) is 3.26. The minimum absolute atomic E-state index is 0.120. The quantitative estimate of drug-likeness (QED) is 0.894. The van der Waals surface area contributed by atoms with Gasteiger partial charge in [-0.3, -0.25) is 0 Å². The lowest BCUT2D eigenvalue weighted by Gasteiger charge is -2.09. The highest BCUT2D eigenvalue weighted by molar-refractivity contribution is 5.26. The van der Waals surface area contributed by atoms with E-state index >= 15 is 0 Å². The number of halogens is 2. The molecule has 0 fully saturated rings. The third-order valence-corrected chi connectivity index (χ3v) is 2.70. The predicted molar refractivity (Wildman–Crippen MR) is 69.9 cm³/mol. The first kappa shape index (κ1) is 13.5. The van der Waals surface area contributed by atoms with E-state index in [4.69, 9.17) is 4.74 Å². The Morgan fingerprint density at radius 3 is 2.47 bits per heavy atom. The van der Waals surface area contributed by atoms with Gasteiger partial charge in [-0.15, -0.1) is 0 Å². The van der Waals surface area contributed by atoms with Crippen molar-refractivity contribution in [1.82, 2.24) is 5.32 Å². The first-order chi connectivity index (χ1) is 9.19. The van der Waals surface area contributed by atoms with E-state index in [0.29, 0.717) is 17.9 Å². The lowest BCUT2D eigenvalue weighted by Crippen LogP contribution is -2.07. The number of hydrogen-bond acceptors (Lipinski definition) is 2. The molecule has 0 heterocycles. The zero-order valence-electron chi connectivity index (χ0n) is 10.6. The van der Waals surface area contributed by atoms with Gasteiger partial charge in [0.25, 0.3) is 0 Å². The van der Waals surface area contributed by atoms with Gasteiger partial charge in [0.1, 0.15) is 24.0 Å². The third kappa shape index (κ3) is 3.76. The number of ether oxygens (including phenoxy) is 1. The topological polar surface area (TPSA) is 21.3 Å². The Morgan fingerprint density at radius 2 is 1.79 bits per heavy atom. The zero-order valence-corrected chi connectivity index (χ0v) is 10.6. The summed E-state index contributed by atoms with van der Waals surface area (Å²) in [7, 11) is 1.83. The summed E-state index contributed by atoms with van der Waals surface area (Å²) >= 11 is 0. The second-order valence-corrected chi connectivity index (χ2v) is 4.20. The summed E-state index contributed by atoms with van der Waals surface area (Å²) in [5, 5.41) is 3.01. The molecule has 19 heavy (non-hydrogen) atoms. The Hall–Kier alpha value is -1.94. The first-order valence-corrected chi connectivity index (χ1v) is 5.99. The fourth-order valence-electron chi connectivity index (χ4n) is 1.74. The molecule has 0 aliphatic heterocycles. The minimum Gasteiger partial charge on any atom is -0.489 e. The van der Waals surface area contributed by atoms with Crippen LogP contribution in [0.5, 0.6) is 5.75 Å². The highest BCUT2D eigenvalue weighted by Gasteiger charge is 2.05. The lowest BCUT2D eigenvalue weighted by atomic mass is 10.1. The molecule has 0 amide bonds. The third-order valence-electron chi connectivity index (χ3n) is 2.70. The summed E-state index contributed by atoms with van der Waals surface area (Å²) in [6, 6.07) is 10.6. The summed E-state index contributed by atoms with van der Waals surface area (Å²) in [5.41, 5.74) is 1.47. The number of hydrogen-bond donors (Lipinski definition) is 1. The van der Waals surface area contributed by atoms with Crippen LogP contribution in [0.2, 0.25) is 0 Å². The van der Waals surface area contributed by atoms with E-state index in [1.807, 2.05) is 7.05 Å². The molecule has 4 heteroatoms. The van der Waals surface area contributed by atoms with Gasteiger partial charge in [0.15, 0.2) is 0 Å². The van der Waals surface area contributed by atoms with Crippen molar-refractivity contribution in [3.63, 3.8) is 0 Å². The van der Waals surface area contributed by atoms with Crippen molar-refractivity contribution >= 4 is 0 Å². The average Bonchev–Trinajstić information content (AvgIpc) is 2.41. The van der Waals surface area contributed by atoms with Crippen LogP contribution in [0.25, 0.3) is 0 Å². The molecule has 2 nitrogen and oxygen atoms in total. The van der Waals surface area contributed by atoms with Gasteiger partial charge in [-0.2, -0.15) is 0 Å². The maximum absolute atomic E-state index is 13.6. The first-order valence-electron chi connectivity index (χ1n) is 5.99. The Kier molecular flexibility index (Phi) is 4.47. The van der Waals surface area contributed by atoms with Gasteiger partial charge in [-0.25, -0.2) is 8.78 Å². The Bertz CT molecular complexity index is 540. The summed E-state index contributed by atoms with van der Waals surface area (Å²) in [4.78, 5) is 0. The summed E-state index contributed by atoms with van der Waals surface area (Å²) in [5.74, 6) is -0.115. The molecule has 0 radical (unpaired) electrons.